The molecule has 0 aliphatic rings. The molecule has 2 aromatic rings. The summed E-state index contributed by atoms with van der Waals surface area (Å²) in [4.78, 5) is 26.1. The van der Waals surface area contributed by atoms with Crippen LogP contribution >= 0.6 is 11.8 Å². The Hall–Kier alpha value is -2.36. The van der Waals surface area contributed by atoms with Gasteiger partial charge < -0.3 is 10.2 Å². The molecule has 9 heteroatoms. The molecule has 0 fully saturated rings. The van der Waals surface area contributed by atoms with Gasteiger partial charge in [0.15, 0.2) is 0 Å². The molecule has 0 bridgehead atoms. The third kappa shape index (κ3) is 7.19. The number of hydrogen-bond acceptors (Lipinski definition) is 5. The highest BCUT2D eigenvalue weighted by Crippen LogP contribution is 2.16. The van der Waals surface area contributed by atoms with Gasteiger partial charge in [-0.3, -0.25) is 9.59 Å². The van der Waals surface area contributed by atoms with Crippen molar-refractivity contribution in [2.75, 3.05) is 25.2 Å². The standard InChI is InChI=1S/C20H25N3O4S2/c1-15(24)22-17-6-10-19(11-7-17)29(26,27)21-13-12-20(25)23(2)14-16-4-8-18(28-3)9-5-16/h4-11,21H,12-14H2,1-3H3,(H,22,24). The van der Waals surface area contributed by atoms with Crippen LogP contribution in [0, 0.1) is 0 Å². The van der Waals surface area contributed by atoms with Crippen molar-refractivity contribution < 1.29 is 18.0 Å². The van der Waals surface area contributed by atoms with Crippen molar-refractivity contribution in [3.63, 3.8) is 0 Å². The van der Waals surface area contributed by atoms with Crippen LogP contribution in [-0.4, -0.2) is 45.0 Å². The number of carbonyl (C=O) groups is 2. The van der Waals surface area contributed by atoms with E-state index in [4.69, 9.17) is 0 Å². The number of nitrogens with one attached hydrogen (secondary N) is 2. The highest BCUT2D eigenvalue weighted by Gasteiger charge is 2.15. The summed E-state index contributed by atoms with van der Waals surface area (Å²) in [5.41, 5.74) is 1.53. The van der Waals surface area contributed by atoms with Crippen molar-refractivity contribution in [3.8, 4) is 0 Å². The Morgan fingerprint density at radius 2 is 1.66 bits per heavy atom. The molecule has 0 spiro atoms. The van der Waals surface area contributed by atoms with Crippen molar-refractivity contribution in [2.45, 2.75) is 29.7 Å². The van der Waals surface area contributed by atoms with Gasteiger partial charge >= 0.3 is 0 Å². The molecule has 2 amide bonds. The molecule has 0 aliphatic carbocycles. The van der Waals surface area contributed by atoms with Crippen LogP contribution in [0.25, 0.3) is 0 Å². The van der Waals surface area contributed by atoms with Gasteiger partial charge in [-0.25, -0.2) is 13.1 Å². The molecule has 0 aliphatic heterocycles. The monoisotopic (exact) mass is 435 g/mol. The topological polar surface area (TPSA) is 95.6 Å². The second kappa shape index (κ2) is 10.4. The molecule has 0 radical (unpaired) electrons. The zero-order chi connectivity index (χ0) is 21.4. The lowest BCUT2D eigenvalue weighted by Crippen LogP contribution is -2.31. The van der Waals surface area contributed by atoms with Gasteiger partial charge in [0.1, 0.15) is 0 Å². The largest absolute Gasteiger partial charge is 0.341 e. The lowest BCUT2D eigenvalue weighted by atomic mass is 10.2. The molecule has 2 aromatic carbocycles. The predicted molar refractivity (Wildman–Crippen MR) is 115 cm³/mol. The summed E-state index contributed by atoms with van der Waals surface area (Å²) in [6, 6.07) is 13.8. The number of sulfonamides is 1. The third-order valence-corrected chi connectivity index (χ3v) is 6.34. The van der Waals surface area contributed by atoms with Crippen molar-refractivity contribution in [2.24, 2.45) is 0 Å². The minimum Gasteiger partial charge on any atom is -0.341 e. The first-order chi connectivity index (χ1) is 13.7. The third-order valence-electron chi connectivity index (χ3n) is 4.12. The Kier molecular flexibility index (Phi) is 8.24. The van der Waals surface area contributed by atoms with Gasteiger partial charge in [-0.1, -0.05) is 12.1 Å². The molecule has 2 rings (SSSR count). The van der Waals surface area contributed by atoms with Gasteiger partial charge in [0.05, 0.1) is 4.90 Å². The Morgan fingerprint density at radius 1 is 1.03 bits per heavy atom. The SMILES string of the molecule is CSc1ccc(CN(C)C(=O)CCNS(=O)(=O)c2ccc(NC(C)=O)cc2)cc1. The molecule has 2 N–H and O–H groups in total. The number of thioether (sulfide) groups is 1. The number of carbonyl (C=O) groups excluding carboxylic acids is 2. The van der Waals surface area contributed by atoms with Gasteiger partial charge in [0.25, 0.3) is 0 Å². The molecular weight excluding hydrogens is 410 g/mol. The Bertz CT molecular complexity index is 943. The summed E-state index contributed by atoms with van der Waals surface area (Å²) in [6.45, 7) is 1.84. The highest BCUT2D eigenvalue weighted by atomic mass is 32.2. The molecule has 0 saturated heterocycles. The van der Waals surface area contributed by atoms with E-state index in [-0.39, 0.29) is 29.7 Å². The van der Waals surface area contributed by atoms with Crippen LogP contribution < -0.4 is 10.0 Å². The van der Waals surface area contributed by atoms with E-state index >= 15 is 0 Å². The van der Waals surface area contributed by atoms with E-state index in [0.29, 0.717) is 12.2 Å². The van der Waals surface area contributed by atoms with Crippen molar-refractivity contribution in [1.82, 2.24) is 9.62 Å². The fourth-order valence-electron chi connectivity index (χ4n) is 2.58. The van der Waals surface area contributed by atoms with Crippen molar-refractivity contribution >= 4 is 39.3 Å². The first-order valence-electron chi connectivity index (χ1n) is 8.95. The second-order valence-electron chi connectivity index (χ2n) is 6.45. The summed E-state index contributed by atoms with van der Waals surface area (Å²) in [5, 5.41) is 2.57. The average molecular weight is 436 g/mol. The molecule has 156 valence electrons. The molecule has 0 heterocycles. The summed E-state index contributed by atoms with van der Waals surface area (Å²) in [6.07, 6.45) is 2.06. The summed E-state index contributed by atoms with van der Waals surface area (Å²) < 4.78 is 27.1. The minimum absolute atomic E-state index is 0.00433. The lowest BCUT2D eigenvalue weighted by molar-refractivity contribution is -0.130. The van der Waals surface area contributed by atoms with Crippen molar-refractivity contribution in [1.29, 1.82) is 0 Å². The molecular formula is C20H25N3O4S2. The fourth-order valence-corrected chi connectivity index (χ4v) is 4.02. The molecule has 0 atom stereocenters. The van der Waals surface area contributed by atoms with Gasteiger partial charge in [0, 0.05) is 44.1 Å². The van der Waals surface area contributed by atoms with Crippen LogP contribution in [0.2, 0.25) is 0 Å². The average Bonchev–Trinajstić information content (AvgIpc) is 2.68. The summed E-state index contributed by atoms with van der Waals surface area (Å²) in [7, 11) is -2.03. The Balaban J connectivity index is 1.85. The first-order valence-corrected chi connectivity index (χ1v) is 11.7. The Morgan fingerprint density at radius 3 is 2.21 bits per heavy atom. The van der Waals surface area contributed by atoms with Gasteiger partial charge in [-0.2, -0.15) is 0 Å². The van der Waals surface area contributed by atoms with Crippen LogP contribution in [0.15, 0.2) is 58.3 Å². The lowest BCUT2D eigenvalue weighted by Gasteiger charge is -2.17. The van der Waals surface area contributed by atoms with Crippen LogP contribution in [0.5, 0.6) is 0 Å². The minimum atomic E-state index is -3.73. The normalized spacial score (nSPS) is 11.1. The molecule has 7 nitrogen and oxygen atoms in total. The van der Waals surface area contributed by atoms with Crippen LogP contribution in [0.1, 0.15) is 18.9 Å². The zero-order valence-electron chi connectivity index (χ0n) is 16.6. The highest BCUT2D eigenvalue weighted by molar-refractivity contribution is 7.98. The maximum absolute atomic E-state index is 12.3. The van der Waals surface area contributed by atoms with E-state index in [1.165, 1.54) is 31.2 Å². The number of amides is 2. The summed E-state index contributed by atoms with van der Waals surface area (Å²) in [5.74, 6) is -0.385. The zero-order valence-corrected chi connectivity index (χ0v) is 18.3. The molecule has 0 unspecified atom stereocenters. The van der Waals surface area contributed by atoms with E-state index in [1.54, 1.807) is 23.7 Å². The first kappa shape index (κ1) is 22.9. The Labute approximate surface area is 175 Å². The van der Waals surface area contributed by atoms with Crippen LogP contribution in [0.4, 0.5) is 5.69 Å². The number of nitrogens with zero attached hydrogens (tertiary/aromatic N) is 1. The molecule has 0 saturated carbocycles. The molecule has 29 heavy (non-hydrogen) atoms. The number of anilines is 1. The fraction of sp³-hybridized carbons (Fsp3) is 0.300. The van der Waals surface area contributed by atoms with E-state index in [2.05, 4.69) is 10.0 Å². The second-order valence-corrected chi connectivity index (χ2v) is 9.10. The quantitative estimate of drug-likeness (QED) is 0.591. The van der Waals surface area contributed by atoms with E-state index in [1.807, 2.05) is 30.5 Å². The predicted octanol–water partition coefficient (Wildman–Crippen LogP) is 2.69. The number of rotatable bonds is 9. The van der Waals surface area contributed by atoms with Gasteiger partial charge in [-0.05, 0) is 48.2 Å². The van der Waals surface area contributed by atoms with Gasteiger partial charge in [0.2, 0.25) is 21.8 Å². The van der Waals surface area contributed by atoms with Crippen LogP contribution in [0.3, 0.4) is 0 Å². The van der Waals surface area contributed by atoms with E-state index in [0.717, 1.165) is 10.5 Å². The van der Waals surface area contributed by atoms with E-state index < -0.39 is 10.0 Å². The maximum atomic E-state index is 12.3. The molecule has 0 aromatic heterocycles. The summed E-state index contributed by atoms with van der Waals surface area (Å²) >= 11 is 1.65. The number of benzene rings is 2. The smallest absolute Gasteiger partial charge is 0.240 e. The van der Waals surface area contributed by atoms with Crippen molar-refractivity contribution in [3.05, 3.63) is 54.1 Å². The maximum Gasteiger partial charge on any atom is 0.240 e. The number of hydrogen-bond donors (Lipinski definition) is 2. The van der Waals surface area contributed by atoms with Gasteiger partial charge in [-0.15, -0.1) is 11.8 Å². The van der Waals surface area contributed by atoms with Crippen LogP contribution in [-0.2, 0) is 26.2 Å². The van der Waals surface area contributed by atoms with E-state index in [9.17, 15) is 18.0 Å².